The Balaban J connectivity index is 1.22. The molecule has 2 aliphatic rings. The molecule has 132 valence electrons. The molecule has 6 nitrogen and oxygen atoms in total. The summed E-state index contributed by atoms with van der Waals surface area (Å²) in [5.74, 6) is 2.14. The molecule has 1 atom stereocenters. The van der Waals surface area contributed by atoms with Gasteiger partial charge < -0.3 is 9.36 Å². The molecule has 0 saturated carbocycles. The topological polar surface area (TPSA) is 63.8 Å². The molecule has 1 aromatic heterocycles. The second kappa shape index (κ2) is 7.35. The summed E-state index contributed by atoms with van der Waals surface area (Å²) in [5, 5.41) is 8.30. The predicted octanol–water partition coefficient (Wildman–Crippen LogP) is 2.83. The maximum Gasteiger partial charge on any atom is 0.223 e. The van der Waals surface area contributed by atoms with Crippen LogP contribution in [0.15, 0.2) is 40.0 Å². The van der Waals surface area contributed by atoms with Crippen LogP contribution >= 0.6 is 0 Å². The fourth-order valence-electron chi connectivity index (χ4n) is 3.67. The molecule has 0 N–H and O–H groups in total. The van der Waals surface area contributed by atoms with Crippen LogP contribution in [0.2, 0.25) is 0 Å². The lowest BCUT2D eigenvalue weighted by molar-refractivity contribution is 0.0418. The molecule has 4 rings (SSSR count). The van der Waals surface area contributed by atoms with Crippen LogP contribution in [0.4, 0.5) is 0 Å². The highest BCUT2D eigenvalue weighted by molar-refractivity contribution is 6.01. The summed E-state index contributed by atoms with van der Waals surface area (Å²) in [5.41, 5.74) is 2.23. The normalized spacial score (nSPS) is 22.0. The standard InChI is InChI=1S/C19H24N4O2/c1-14-20-19(22-24-14)11-15-7-9-23(10-8-15)13-17-12-18(21-25-17)16-5-3-2-4-6-16/h2-6,15,17H,7-13H2,1H3/t17-/m0/s1. The van der Waals surface area contributed by atoms with Gasteiger partial charge in [0.2, 0.25) is 5.89 Å². The summed E-state index contributed by atoms with van der Waals surface area (Å²) in [6.45, 7) is 4.99. The lowest BCUT2D eigenvalue weighted by Gasteiger charge is -2.32. The minimum atomic E-state index is 0.173. The number of benzene rings is 1. The van der Waals surface area contributed by atoms with Gasteiger partial charge in [0.05, 0.1) is 5.71 Å². The average molecular weight is 340 g/mol. The van der Waals surface area contributed by atoms with Crippen molar-refractivity contribution in [3.63, 3.8) is 0 Å². The lowest BCUT2D eigenvalue weighted by atomic mass is 9.93. The smallest absolute Gasteiger partial charge is 0.223 e. The maximum absolute atomic E-state index is 5.66. The second-order valence-corrected chi connectivity index (χ2v) is 7.01. The Morgan fingerprint density at radius 1 is 1.16 bits per heavy atom. The molecule has 0 bridgehead atoms. The summed E-state index contributed by atoms with van der Waals surface area (Å²) in [4.78, 5) is 12.5. The number of likely N-dealkylation sites (tertiary alicyclic amines) is 1. The van der Waals surface area contributed by atoms with Crippen molar-refractivity contribution < 1.29 is 9.36 Å². The van der Waals surface area contributed by atoms with Crippen molar-refractivity contribution in [3.8, 4) is 0 Å². The van der Waals surface area contributed by atoms with Crippen LogP contribution in [-0.2, 0) is 11.3 Å². The van der Waals surface area contributed by atoms with Crippen molar-refractivity contribution in [2.24, 2.45) is 11.1 Å². The van der Waals surface area contributed by atoms with E-state index in [2.05, 4.69) is 32.3 Å². The summed E-state index contributed by atoms with van der Waals surface area (Å²) in [7, 11) is 0. The van der Waals surface area contributed by atoms with Gasteiger partial charge in [-0.2, -0.15) is 4.98 Å². The zero-order chi connectivity index (χ0) is 17.1. The van der Waals surface area contributed by atoms with Crippen LogP contribution in [-0.4, -0.2) is 46.5 Å². The highest BCUT2D eigenvalue weighted by Crippen LogP contribution is 2.23. The highest BCUT2D eigenvalue weighted by Gasteiger charge is 2.27. The summed E-state index contributed by atoms with van der Waals surface area (Å²) >= 11 is 0. The van der Waals surface area contributed by atoms with Gasteiger partial charge in [0.1, 0.15) is 6.10 Å². The van der Waals surface area contributed by atoms with Gasteiger partial charge in [-0.3, -0.25) is 4.90 Å². The van der Waals surface area contributed by atoms with Crippen molar-refractivity contribution in [2.75, 3.05) is 19.6 Å². The Bertz CT molecular complexity index is 720. The minimum absolute atomic E-state index is 0.173. The van der Waals surface area contributed by atoms with E-state index in [4.69, 9.17) is 9.36 Å². The van der Waals surface area contributed by atoms with Gasteiger partial charge in [0, 0.05) is 26.3 Å². The Kier molecular flexibility index (Phi) is 4.78. The van der Waals surface area contributed by atoms with Crippen LogP contribution in [0.5, 0.6) is 0 Å². The monoisotopic (exact) mass is 340 g/mol. The van der Waals surface area contributed by atoms with Crippen LogP contribution in [0.1, 0.15) is 36.5 Å². The first kappa shape index (κ1) is 16.3. The third-order valence-electron chi connectivity index (χ3n) is 5.05. The van der Waals surface area contributed by atoms with Gasteiger partial charge in [0.25, 0.3) is 0 Å². The Labute approximate surface area is 147 Å². The fraction of sp³-hybridized carbons (Fsp3) is 0.526. The van der Waals surface area contributed by atoms with Crippen molar-refractivity contribution in [1.82, 2.24) is 15.0 Å². The van der Waals surface area contributed by atoms with E-state index in [0.29, 0.717) is 11.8 Å². The first-order chi connectivity index (χ1) is 12.3. The molecule has 2 aromatic rings. The molecule has 0 unspecified atom stereocenters. The van der Waals surface area contributed by atoms with Crippen LogP contribution < -0.4 is 0 Å². The van der Waals surface area contributed by atoms with Gasteiger partial charge in [-0.1, -0.05) is 40.6 Å². The molecular weight excluding hydrogens is 316 g/mol. The molecule has 1 fully saturated rings. The van der Waals surface area contributed by atoms with Gasteiger partial charge >= 0.3 is 0 Å². The van der Waals surface area contributed by atoms with Crippen LogP contribution in [0.3, 0.4) is 0 Å². The molecule has 0 radical (unpaired) electrons. The van der Waals surface area contributed by atoms with Crippen molar-refractivity contribution in [2.45, 2.75) is 38.7 Å². The van der Waals surface area contributed by atoms with E-state index in [1.54, 1.807) is 0 Å². The fourth-order valence-corrected chi connectivity index (χ4v) is 3.67. The number of nitrogens with zero attached hydrogens (tertiary/aromatic N) is 4. The van der Waals surface area contributed by atoms with Crippen molar-refractivity contribution in [3.05, 3.63) is 47.6 Å². The van der Waals surface area contributed by atoms with Crippen molar-refractivity contribution in [1.29, 1.82) is 0 Å². The number of hydrogen-bond donors (Lipinski definition) is 0. The van der Waals surface area contributed by atoms with Crippen LogP contribution in [0, 0.1) is 12.8 Å². The lowest BCUT2D eigenvalue weighted by Crippen LogP contribution is -2.39. The van der Waals surface area contributed by atoms with E-state index in [9.17, 15) is 0 Å². The molecule has 2 aliphatic heterocycles. The van der Waals surface area contributed by atoms with E-state index in [1.165, 1.54) is 18.4 Å². The number of piperidine rings is 1. The highest BCUT2D eigenvalue weighted by atomic mass is 16.6. The van der Waals surface area contributed by atoms with Gasteiger partial charge in [-0.05, 0) is 37.4 Å². The van der Waals surface area contributed by atoms with Gasteiger partial charge in [0.15, 0.2) is 5.82 Å². The van der Waals surface area contributed by atoms with E-state index in [-0.39, 0.29) is 6.10 Å². The molecule has 1 aromatic carbocycles. The van der Waals surface area contributed by atoms with Crippen LogP contribution in [0.25, 0.3) is 0 Å². The molecule has 1 saturated heterocycles. The number of oxime groups is 1. The first-order valence-electron chi connectivity index (χ1n) is 9.06. The Morgan fingerprint density at radius 2 is 1.96 bits per heavy atom. The first-order valence-corrected chi connectivity index (χ1v) is 9.06. The number of aryl methyl sites for hydroxylation is 1. The molecular formula is C19H24N4O2. The zero-order valence-corrected chi connectivity index (χ0v) is 14.6. The Hall–Kier alpha value is -2.21. The summed E-state index contributed by atoms with van der Waals surface area (Å²) in [6.07, 6.45) is 4.34. The second-order valence-electron chi connectivity index (χ2n) is 7.01. The quantitative estimate of drug-likeness (QED) is 0.837. The van der Waals surface area contributed by atoms with E-state index in [1.807, 2.05) is 25.1 Å². The number of hydrogen-bond acceptors (Lipinski definition) is 6. The van der Waals surface area contributed by atoms with E-state index >= 15 is 0 Å². The summed E-state index contributed by atoms with van der Waals surface area (Å²) in [6, 6.07) is 10.3. The van der Waals surface area contributed by atoms with E-state index in [0.717, 1.165) is 44.0 Å². The third-order valence-corrected chi connectivity index (χ3v) is 5.05. The molecule has 25 heavy (non-hydrogen) atoms. The largest absolute Gasteiger partial charge is 0.390 e. The average Bonchev–Trinajstić information content (AvgIpc) is 3.27. The zero-order valence-electron chi connectivity index (χ0n) is 14.6. The molecule has 0 aliphatic carbocycles. The van der Waals surface area contributed by atoms with Gasteiger partial charge in [-0.25, -0.2) is 0 Å². The molecule has 6 heteroatoms. The molecule has 3 heterocycles. The van der Waals surface area contributed by atoms with E-state index < -0.39 is 0 Å². The summed E-state index contributed by atoms with van der Waals surface area (Å²) < 4.78 is 5.06. The predicted molar refractivity (Wildman–Crippen MR) is 94.4 cm³/mol. The SMILES string of the molecule is Cc1nc(CC2CCN(C[C@@H]3CC(c4ccccc4)=NO3)CC2)no1. The Morgan fingerprint density at radius 3 is 2.68 bits per heavy atom. The number of aromatic nitrogens is 2. The number of rotatable bonds is 5. The van der Waals surface area contributed by atoms with Crippen molar-refractivity contribution >= 4 is 5.71 Å². The third kappa shape index (κ3) is 4.07. The van der Waals surface area contributed by atoms with Gasteiger partial charge in [-0.15, -0.1) is 0 Å². The maximum atomic E-state index is 5.66. The molecule has 0 spiro atoms. The molecule has 0 amide bonds. The minimum Gasteiger partial charge on any atom is -0.390 e.